The van der Waals surface area contributed by atoms with Crippen LogP contribution in [0.5, 0.6) is 0 Å². The SMILES string of the molecule is Cc1ccn2c(c1)cc1c(C)cccc12. The summed E-state index contributed by atoms with van der Waals surface area (Å²) in [6.45, 7) is 4.29. The predicted octanol–water partition coefficient (Wildman–Crippen LogP) is 3.71. The Labute approximate surface area is 89.0 Å². The normalized spacial score (nSPS) is 11.3. The Balaban J connectivity index is 2.57. The minimum atomic E-state index is 1.28. The molecule has 1 nitrogen and oxygen atoms in total. The summed E-state index contributed by atoms with van der Waals surface area (Å²) in [5.41, 5.74) is 5.22. The van der Waals surface area contributed by atoms with Crippen molar-refractivity contribution in [1.29, 1.82) is 0 Å². The van der Waals surface area contributed by atoms with Crippen molar-refractivity contribution in [1.82, 2.24) is 4.40 Å². The van der Waals surface area contributed by atoms with E-state index in [1.165, 1.54) is 27.5 Å². The fraction of sp³-hybridized carbons (Fsp3) is 0.143. The van der Waals surface area contributed by atoms with Crippen molar-refractivity contribution in [2.75, 3.05) is 0 Å². The molecule has 0 saturated heterocycles. The molecule has 0 spiro atoms. The van der Waals surface area contributed by atoms with Crippen LogP contribution in [0, 0.1) is 13.8 Å². The van der Waals surface area contributed by atoms with Crippen molar-refractivity contribution >= 4 is 16.4 Å². The largest absolute Gasteiger partial charge is 0.317 e. The Morgan fingerprint density at radius 1 is 1.00 bits per heavy atom. The van der Waals surface area contributed by atoms with Crippen LogP contribution in [0.4, 0.5) is 0 Å². The van der Waals surface area contributed by atoms with Crippen molar-refractivity contribution in [3.63, 3.8) is 0 Å². The second kappa shape index (κ2) is 2.86. The molecular weight excluding hydrogens is 182 g/mol. The van der Waals surface area contributed by atoms with Gasteiger partial charge in [-0.2, -0.15) is 0 Å². The van der Waals surface area contributed by atoms with Crippen molar-refractivity contribution in [2.24, 2.45) is 0 Å². The number of aryl methyl sites for hydroxylation is 2. The van der Waals surface area contributed by atoms with Crippen LogP contribution in [0.25, 0.3) is 16.4 Å². The van der Waals surface area contributed by atoms with Gasteiger partial charge in [0.25, 0.3) is 0 Å². The van der Waals surface area contributed by atoms with Gasteiger partial charge >= 0.3 is 0 Å². The molecule has 0 bridgehead atoms. The molecule has 2 aromatic heterocycles. The van der Waals surface area contributed by atoms with Gasteiger partial charge in [-0.15, -0.1) is 0 Å². The first-order valence-corrected chi connectivity index (χ1v) is 5.23. The maximum atomic E-state index is 2.26. The van der Waals surface area contributed by atoms with E-state index in [1.54, 1.807) is 0 Å². The smallest absolute Gasteiger partial charge is 0.0531 e. The Bertz CT molecular complexity index is 647. The predicted molar refractivity (Wildman–Crippen MR) is 64.4 cm³/mol. The molecule has 0 radical (unpaired) electrons. The number of pyridine rings is 1. The van der Waals surface area contributed by atoms with Crippen LogP contribution in [0.15, 0.2) is 42.6 Å². The summed E-state index contributed by atoms with van der Waals surface area (Å²) >= 11 is 0. The second-order valence-corrected chi connectivity index (χ2v) is 4.15. The van der Waals surface area contributed by atoms with E-state index in [1.807, 2.05) is 0 Å². The number of nitrogens with zero attached hydrogens (tertiary/aromatic N) is 1. The Morgan fingerprint density at radius 2 is 1.87 bits per heavy atom. The van der Waals surface area contributed by atoms with Gasteiger partial charge in [-0.05, 0) is 49.2 Å². The van der Waals surface area contributed by atoms with Gasteiger partial charge in [0.2, 0.25) is 0 Å². The second-order valence-electron chi connectivity index (χ2n) is 4.15. The van der Waals surface area contributed by atoms with Crippen LogP contribution < -0.4 is 0 Å². The molecule has 0 N–H and O–H groups in total. The number of aromatic nitrogens is 1. The summed E-state index contributed by atoms with van der Waals surface area (Å²) in [6, 6.07) is 13.1. The molecule has 0 fully saturated rings. The van der Waals surface area contributed by atoms with E-state index in [9.17, 15) is 0 Å². The van der Waals surface area contributed by atoms with Gasteiger partial charge < -0.3 is 4.40 Å². The zero-order chi connectivity index (χ0) is 10.4. The van der Waals surface area contributed by atoms with Crippen LogP contribution in [0.1, 0.15) is 11.1 Å². The zero-order valence-electron chi connectivity index (χ0n) is 8.99. The number of hydrogen-bond donors (Lipinski definition) is 0. The molecule has 15 heavy (non-hydrogen) atoms. The summed E-state index contributed by atoms with van der Waals surface area (Å²) in [5, 5.41) is 1.35. The van der Waals surface area contributed by atoms with E-state index < -0.39 is 0 Å². The maximum Gasteiger partial charge on any atom is 0.0531 e. The average molecular weight is 195 g/mol. The van der Waals surface area contributed by atoms with Gasteiger partial charge in [0, 0.05) is 17.1 Å². The molecule has 0 unspecified atom stereocenters. The summed E-state index contributed by atoms with van der Waals surface area (Å²) in [5.74, 6) is 0. The molecule has 0 saturated carbocycles. The summed E-state index contributed by atoms with van der Waals surface area (Å²) in [7, 11) is 0. The molecule has 74 valence electrons. The van der Waals surface area contributed by atoms with E-state index in [0.717, 1.165) is 0 Å². The highest BCUT2D eigenvalue weighted by molar-refractivity contribution is 5.89. The first kappa shape index (κ1) is 8.54. The molecule has 0 aliphatic rings. The number of fused-ring (bicyclic) bond motifs is 3. The van der Waals surface area contributed by atoms with E-state index in [4.69, 9.17) is 0 Å². The van der Waals surface area contributed by atoms with Crippen molar-refractivity contribution in [2.45, 2.75) is 13.8 Å². The average Bonchev–Trinajstić information content (AvgIpc) is 2.57. The minimum absolute atomic E-state index is 1.28. The quantitative estimate of drug-likeness (QED) is 0.515. The van der Waals surface area contributed by atoms with Crippen LogP contribution in [0.2, 0.25) is 0 Å². The highest BCUT2D eigenvalue weighted by Gasteiger charge is 2.03. The van der Waals surface area contributed by atoms with Gasteiger partial charge in [-0.1, -0.05) is 12.1 Å². The fourth-order valence-electron chi connectivity index (χ4n) is 2.17. The van der Waals surface area contributed by atoms with E-state index >= 15 is 0 Å². The van der Waals surface area contributed by atoms with Crippen LogP contribution in [-0.2, 0) is 0 Å². The third kappa shape index (κ3) is 1.16. The van der Waals surface area contributed by atoms with Crippen molar-refractivity contribution in [3.8, 4) is 0 Å². The maximum absolute atomic E-state index is 2.26. The molecule has 3 aromatic rings. The first-order valence-electron chi connectivity index (χ1n) is 5.23. The molecular formula is C14H13N. The first-order chi connectivity index (χ1) is 7.25. The van der Waals surface area contributed by atoms with E-state index in [2.05, 4.69) is 60.8 Å². The molecule has 0 aliphatic carbocycles. The highest BCUT2D eigenvalue weighted by atomic mass is 14.9. The van der Waals surface area contributed by atoms with E-state index in [-0.39, 0.29) is 0 Å². The van der Waals surface area contributed by atoms with Crippen LogP contribution >= 0.6 is 0 Å². The van der Waals surface area contributed by atoms with Gasteiger partial charge in [0.05, 0.1) is 5.52 Å². The van der Waals surface area contributed by atoms with Gasteiger partial charge in [-0.3, -0.25) is 0 Å². The molecule has 0 aliphatic heterocycles. The molecule has 1 aromatic carbocycles. The van der Waals surface area contributed by atoms with Crippen molar-refractivity contribution < 1.29 is 0 Å². The molecule has 2 heterocycles. The third-order valence-electron chi connectivity index (χ3n) is 2.99. The van der Waals surface area contributed by atoms with Crippen LogP contribution in [-0.4, -0.2) is 4.40 Å². The third-order valence-corrected chi connectivity index (χ3v) is 2.99. The zero-order valence-corrected chi connectivity index (χ0v) is 8.99. The highest BCUT2D eigenvalue weighted by Crippen LogP contribution is 2.23. The Kier molecular flexibility index (Phi) is 1.63. The van der Waals surface area contributed by atoms with Crippen LogP contribution in [0.3, 0.4) is 0 Å². The lowest BCUT2D eigenvalue weighted by Crippen LogP contribution is -1.83. The lowest BCUT2D eigenvalue weighted by molar-refractivity contribution is 1.23. The molecule has 3 rings (SSSR count). The Hall–Kier alpha value is -1.76. The topological polar surface area (TPSA) is 4.41 Å². The van der Waals surface area contributed by atoms with Gasteiger partial charge in [0.1, 0.15) is 0 Å². The summed E-state index contributed by atoms with van der Waals surface area (Å²) in [6.07, 6.45) is 2.15. The Morgan fingerprint density at radius 3 is 2.73 bits per heavy atom. The molecule has 0 atom stereocenters. The summed E-state index contributed by atoms with van der Waals surface area (Å²) in [4.78, 5) is 0. The minimum Gasteiger partial charge on any atom is -0.317 e. The lowest BCUT2D eigenvalue weighted by Gasteiger charge is -1.98. The number of benzene rings is 1. The van der Waals surface area contributed by atoms with Crippen molar-refractivity contribution in [3.05, 3.63) is 53.7 Å². The molecule has 0 amide bonds. The lowest BCUT2D eigenvalue weighted by atomic mass is 10.1. The number of rotatable bonds is 0. The summed E-state index contributed by atoms with van der Waals surface area (Å²) < 4.78 is 2.25. The monoisotopic (exact) mass is 195 g/mol. The standard InChI is InChI=1S/C14H13N/c1-10-6-7-15-12(8-10)9-13-11(2)4-3-5-14(13)15/h3-9H,1-2H3. The fourth-order valence-corrected chi connectivity index (χ4v) is 2.17. The number of hydrogen-bond acceptors (Lipinski definition) is 0. The van der Waals surface area contributed by atoms with E-state index in [0.29, 0.717) is 0 Å². The molecule has 1 heteroatoms. The van der Waals surface area contributed by atoms with Gasteiger partial charge in [0.15, 0.2) is 0 Å². The van der Waals surface area contributed by atoms with Gasteiger partial charge in [-0.25, -0.2) is 0 Å².